The van der Waals surface area contributed by atoms with E-state index in [4.69, 9.17) is 0 Å². The van der Waals surface area contributed by atoms with Crippen LogP contribution in [0.1, 0.15) is 30.6 Å². The van der Waals surface area contributed by atoms with Crippen LogP contribution in [0.4, 0.5) is 0 Å². The monoisotopic (exact) mass is 302 g/mol. The lowest BCUT2D eigenvalue weighted by molar-refractivity contribution is -0.124. The molecule has 0 spiro atoms. The summed E-state index contributed by atoms with van der Waals surface area (Å²) in [7, 11) is 0. The number of carbonyl (C=O) groups excluding carboxylic acids is 1. The van der Waals surface area contributed by atoms with Gasteiger partial charge >= 0.3 is 0 Å². The SMILES string of the molecule is C[C@@H](C(=O)NCCn1cncn1)n1nc2c(cc1=O)CCC2. The first-order valence-corrected chi connectivity index (χ1v) is 7.37. The van der Waals surface area contributed by atoms with E-state index in [1.165, 1.54) is 11.0 Å². The molecule has 1 aliphatic rings. The molecule has 116 valence electrons. The van der Waals surface area contributed by atoms with Crippen molar-refractivity contribution in [2.45, 2.75) is 38.8 Å². The van der Waals surface area contributed by atoms with Crippen molar-refractivity contribution in [2.75, 3.05) is 6.54 Å². The van der Waals surface area contributed by atoms with E-state index in [1.54, 1.807) is 24.0 Å². The van der Waals surface area contributed by atoms with Gasteiger partial charge < -0.3 is 5.32 Å². The molecule has 0 unspecified atom stereocenters. The molecule has 8 nitrogen and oxygen atoms in total. The number of aryl methyl sites for hydroxylation is 2. The van der Waals surface area contributed by atoms with E-state index in [9.17, 15) is 9.59 Å². The van der Waals surface area contributed by atoms with Crippen molar-refractivity contribution < 1.29 is 4.79 Å². The van der Waals surface area contributed by atoms with Gasteiger partial charge in [-0.2, -0.15) is 10.2 Å². The minimum absolute atomic E-state index is 0.223. The van der Waals surface area contributed by atoms with Gasteiger partial charge in [0.25, 0.3) is 5.56 Å². The smallest absolute Gasteiger partial charge is 0.267 e. The van der Waals surface area contributed by atoms with Crippen molar-refractivity contribution in [3.8, 4) is 0 Å². The maximum atomic E-state index is 12.2. The molecule has 2 aromatic heterocycles. The number of hydrogen-bond acceptors (Lipinski definition) is 5. The summed E-state index contributed by atoms with van der Waals surface area (Å²) in [4.78, 5) is 28.1. The molecule has 0 saturated heterocycles. The highest BCUT2D eigenvalue weighted by molar-refractivity contribution is 5.79. The Bertz CT molecular complexity index is 721. The average Bonchev–Trinajstić information content (AvgIpc) is 3.16. The Morgan fingerprint density at radius 2 is 2.32 bits per heavy atom. The van der Waals surface area contributed by atoms with Gasteiger partial charge in [-0.05, 0) is 31.7 Å². The zero-order chi connectivity index (χ0) is 15.5. The molecule has 0 saturated carbocycles. The fourth-order valence-electron chi connectivity index (χ4n) is 2.59. The quantitative estimate of drug-likeness (QED) is 0.818. The van der Waals surface area contributed by atoms with Gasteiger partial charge in [-0.1, -0.05) is 0 Å². The summed E-state index contributed by atoms with van der Waals surface area (Å²) < 4.78 is 2.90. The Hall–Kier alpha value is -2.51. The van der Waals surface area contributed by atoms with E-state index in [2.05, 4.69) is 20.5 Å². The molecular weight excluding hydrogens is 284 g/mol. The molecule has 2 aromatic rings. The van der Waals surface area contributed by atoms with Gasteiger partial charge in [0.2, 0.25) is 5.91 Å². The Labute approximate surface area is 127 Å². The van der Waals surface area contributed by atoms with Crippen molar-refractivity contribution >= 4 is 5.91 Å². The van der Waals surface area contributed by atoms with Crippen LogP contribution >= 0.6 is 0 Å². The first-order valence-electron chi connectivity index (χ1n) is 7.37. The minimum Gasteiger partial charge on any atom is -0.352 e. The van der Waals surface area contributed by atoms with Crippen LogP contribution in [0.3, 0.4) is 0 Å². The molecule has 0 fully saturated rings. The van der Waals surface area contributed by atoms with Gasteiger partial charge in [-0.25, -0.2) is 9.67 Å². The summed E-state index contributed by atoms with van der Waals surface area (Å²) in [5, 5.41) is 11.1. The summed E-state index contributed by atoms with van der Waals surface area (Å²) in [6, 6.07) is 0.975. The van der Waals surface area contributed by atoms with Crippen LogP contribution in [0.2, 0.25) is 0 Å². The highest BCUT2D eigenvalue weighted by Crippen LogP contribution is 2.17. The van der Waals surface area contributed by atoms with Gasteiger partial charge in [0, 0.05) is 12.6 Å². The molecule has 22 heavy (non-hydrogen) atoms. The average molecular weight is 302 g/mol. The molecule has 1 aliphatic carbocycles. The molecule has 0 bridgehead atoms. The zero-order valence-corrected chi connectivity index (χ0v) is 12.4. The highest BCUT2D eigenvalue weighted by Gasteiger charge is 2.21. The molecule has 8 heteroatoms. The summed E-state index contributed by atoms with van der Waals surface area (Å²) >= 11 is 0. The molecule has 3 rings (SSSR count). The van der Waals surface area contributed by atoms with Gasteiger partial charge in [0.05, 0.1) is 12.2 Å². The van der Waals surface area contributed by atoms with Crippen LogP contribution < -0.4 is 10.9 Å². The van der Waals surface area contributed by atoms with Crippen LogP contribution in [0.5, 0.6) is 0 Å². The van der Waals surface area contributed by atoms with Gasteiger partial charge in [0.1, 0.15) is 18.7 Å². The molecule has 1 N–H and O–H groups in total. The molecule has 0 aliphatic heterocycles. The van der Waals surface area contributed by atoms with Gasteiger partial charge in [-0.3, -0.25) is 14.3 Å². The van der Waals surface area contributed by atoms with Crippen molar-refractivity contribution in [3.63, 3.8) is 0 Å². The van der Waals surface area contributed by atoms with Gasteiger partial charge in [-0.15, -0.1) is 0 Å². The van der Waals surface area contributed by atoms with Gasteiger partial charge in [0.15, 0.2) is 0 Å². The van der Waals surface area contributed by atoms with E-state index in [1.807, 2.05) is 0 Å². The number of carbonyl (C=O) groups is 1. The second-order valence-corrected chi connectivity index (χ2v) is 5.38. The standard InChI is InChI=1S/C14H18N6O2/c1-10(14(22)16-5-6-19-9-15-8-17-19)20-13(21)7-11-3-2-4-12(11)18-20/h7-10H,2-6H2,1H3,(H,16,22)/t10-/m0/s1. The molecule has 0 radical (unpaired) electrons. The Morgan fingerprint density at radius 1 is 1.45 bits per heavy atom. The minimum atomic E-state index is -0.630. The van der Waals surface area contributed by atoms with Crippen LogP contribution in [-0.4, -0.2) is 37.0 Å². The number of nitrogens with zero attached hydrogens (tertiary/aromatic N) is 5. The van der Waals surface area contributed by atoms with Crippen molar-refractivity contribution in [3.05, 3.63) is 40.3 Å². The predicted octanol–water partition coefficient (Wildman–Crippen LogP) is -0.299. The summed E-state index contributed by atoms with van der Waals surface area (Å²) in [6.07, 6.45) is 5.82. The third-order valence-corrected chi connectivity index (χ3v) is 3.84. The van der Waals surface area contributed by atoms with E-state index in [0.29, 0.717) is 13.1 Å². The number of hydrogen-bond donors (Lipinski definition) is 1. The van der Waals surface area contributed by atoms with Crippen molar-refractivity contribution in [1.29, 1.82) is 0 Å². The number of fused-ring (bicyclic) bond motifs is 1. The predicted molar refractivity (Wildman–Crippen MR) is 78.3 cm³/mol. The molecule has 1 amide bonds. The van der Waals surface area contributed by atoms with E-state index in [0.717, 1.165) is 30.5 Å². The summed E-state index contributed by atoms with van der Waals surface area (Å²) in [5.74, 6) is -0.229. The maximum absolute atomic E-state index is 12.2. The number of rotatable bonds is 5. The molecule has 2 heterocycles. The summed E-state index contributed by atoms with van der Waals surface area (Å²) in [5.41, 5.74) is 1.72. The van der Waals surface area contributed by atoms with E-state index < -0.39 is 6.04 Å². The fourth-order valence-corrected chi connectivity index (χ4v) is 2.59. The van der Waals surface area contributed by atoms with Crippen LogP contribution in [0.25, 0.3) is 0 Å². The van der Waals surface area contributed by atoms with Crippen LogP contribution in [-0.2, 0) is 24.2 Å². The lowest BCUT2D eigenvalue weighted by Gasteiger charge is -2.15. The first-order chi connectivity index (χ1) is 10.6. The molecule has 0 aromatic carbocycles. The number of amides is 1. The Balaban J connectivity index is 1.64. The Morgan fingerprint density at radius 3 is 3.09 bits per heavy atom. The van der Waals surface area contributed by atoms with Crippen LogP contribution in [0, 0.1) is 0 Å². The second-order valence-electron chi connectivity index (χ2n) is 5.38. The Kier molecular flexibility index (Phi) is 3.99. The number of aromatic nitrogens is 5. The third kappa shape index (κ3) is 2.90. The fraction of sp³-hybridized carbons (Fsp3) is 0.500. The van der Waals surface area contributed by atoms with Crippen molar-refractivity contribution in [1.82, 2.24) is 29.9 Å². The van der Waals surface area contributed by atoms with Crippen LogP contribution in [0.15, 0.2) is 23.5 Å². The van der Waals surface area contributed by atoms with E-state index in [-0.39, 0.29) is 11.5 Å². The largest absolute Gasteiger partial charge is 0.352 e. The lowest BCUT2D eigenvalue weighted by Crippen LogP contribution is -2.38. The lowest BCUT2D eigenvalue weighted by atomic mass is 10.2. The van der Waals surface area contributed by atoms with Crippen molar-refractivity contribution in [2.24, 2.45) is 0 Å². The highest BCUT2D eigenvalue weighted by atomic mass is 16.2. The topological polar surface area (TPSA) is 94.7 Å². The summed E-state index contributed by atoms with van der Waals surface area (Å²) in [6.45, 7) is 2.64. The molecule has 1 atom stereocenters. The molecular formula is C14H18N6O2. The zero-order valence-electron chi connectivity index (χ0n) is 12.4. The third-order valence-electron chi connectivity index (χ3n) is 3.84. The maximum Gasteiger partial charge on any atom is 0.267 e. The number of nitrogens with one attached hydrogen (secondary N) is 1. The second kappa shape index (κ2) is 6.08. The normalized spacial score (nSPS) is 14.6. The van der Waals surface area contributed by atoms with E-state index >= 15 is 0 Å². The first kappa shape index (κ1) is 14.4.